The second-order valence-corrected chi connectivity index (χ2v) is 6.08. The number of fused-ring (bicyclic) bond motifs is 1. The third-order valence-electron chi connectivity index (χ3n) is 4.06. The number of nitrogens with one attached hydrogen (secondary N) is 1. The molecule has 21 heavy (non-hydrogen) atoms. The Labute approximate surface area is 127 Å². The first-order chi connectivity index (χ1) is 10.1. The van der Waals surface area contributed by atoms with Crippen molar-refractivity contribution in [2.45, 2.75) is 51.4 Å². The minimum atomic E-state index is -0.110. The van der Waals surface area contributed by atoms with Crippen LogP contribution in [0, 0.1) is 0 Å². The van der Waals surface area contributed by atoms with Crippen LogP contribution in [0.15, 0.2) is 24.3 Å². The second kappa shape index (κ2) is 7.14. The summed E-state index contributed by atoms with van der Waals surface area (Å²) in [5.74, 6) is 1.67. The highest BCUT2D eigenvalue weighted by molar-refractivity contribution is 5.40. The topological polar surface area (TPSA) is 39.7 Å². The molecule has 0 fully saturated rings. The Morgan fingerprint density at radius 3 is 2.71 bits per heavy atom. The minimum Gasteiger partial charge on any atom is -0.486 e. The summed E-state index contributed by atoms with van der Waals surface area (Å²) in [6.45, 7) is 7.85. The van der Waals surface area contributed by atoms with E-state index < -0.39 is 0 Å². The van der Waals surface area contributed by atoms with E-state index in [0.717, 1.165) is 30.9 Å². The summed E-state index contributed by atoms with van der Waals surface area (Å²) in [5, 5.41) is 3.52. The van der Waals surface area contributed by atoms with Crippen molar-refractivity contribution in [2.75, 3.05) is 20.3 Å². The van der Waals surface area contributed by atoms with Crippen LogP contribution in [-0.2, 0) is 4.74 Å². The van der Waals surface area contributed by atoms with Crippen LogP contribution >= 0.6 is 0 Å². The number of hydrogen-bond acceptors (Lipinski definition) is 4. The van der Waals surface area contributed by atoms with Gasteiger partial charge in [0.2, 0.25) is 0 Å². The van der Waals surface area contributed by atoms with Crippen LogP contribution in [0.2, 0.25) is 0 Å². The molecule has 2 unspecified atom stereocenters. The fourth-order valence-corrected chi connectivity index (χ4v) is 2.52. The van der Waals surface area contributed by atoms with Gasteiger partial charge in [0.15, 0.2) is 11.5 Å². The number of rotatable bonds is 7. The Morgan fingerprint density at radius 2 is 2.05 bits per heavy atom. The van der Waals surface area contributed by atoms with Gasteiger partial charge in [0.25, 0.3) is 0 Å². The zero-order valence-electron chi connectivity index (χ0n) is 13.5. The monoisotopic (exact) mass is 293 g/mol. The van der Waals surface area contributed by atoms with Gasteiger partial charge in [-0.1, -0.05) is 19.1 Å². The van der Waals surface area contributed by atoms with Crippen LogP contribution in [0.1, 0.15) is 33.6 Å². The Morgan fingerprint density at radius 1 is 1.33 bits per heavy atom. The van der Waals surface area contributed by atoms with Crippen molar-refractivity contribution >= 4 is 0 Å². The van der Waals surface area contributed by atoms with Crippen LogP contribution < -0.4 is 14.8 Å². The van der Waals surface area contributed by atoms with Crippen LogP contribution in [0.4, 0.5) is 0 Å². The van der Waals surface area contributed by atoms with Crippen LogP contribution in [0.25, 0.3) is 0 Å². The molecule has 1 aromatic rings. The van der Waals surface area contributed by atoms with E-state index in [-0.39, 0.29) is 17.7 Å². The van der Waals surface area contributed by atoms with Gasteiger partial charge < -0.3 is 19.5 Å². The summed E-state index contributed by atoms with van der Waals surface area (Å²) < 4.78 is 17.5. The number of likely N-dealkylation sites (N-methyl/N-ethyl adjacent to an activating group) is 1. The number of benzene rings is 1. The van der Waals surface area contributed by atoms with Gasteiger partial charge in [0, 0.05) is 13.2 Å². The van der Waals surface area contributed by atoms with Gasteiger partial charge in [-0.25, -0.2) is 0 Å². The predicted octanol–water partition coefficient (Wildman–Crippen LogP) is 3.01. The maximum atomic E-state index is 6.12. The summed E-state index contributed by atoms with van der Waals surface area (Å²) in [7, 11) is 1.76. The van der Waals surface area contributed by atoms with Crippen molar-refractivity contribution in [3.05, 3.63) is 24.3 Å². The van der Waals surface area contributed by atoms with E-state index in [1.54, 1.807) is 7.11 Å². The molecule has 1 aliphatic rings. The van der Waals surface area contributed by atoms with E-state index >= 15 is 0 Å². The smallest absolute Gasteiger partial charge is 0.161 e. The van der Waals surface area contributed by atoms with Crippen LogP contribution in [-0.4, -0.2) is 38.0 Å². The molecule has 4 heteroatoms. The Hall–Kier alpha value is -1.26. The summed E-state index contributed by atoms with van der Waals surface area (Å²) >= 11 is 0. The van der Waals surface area contributed by atoms with Gasteiger partial charge in [0.05, 0.1) is 5.60 Å². The lowest BCUT2D eigenvalue weighted by Crippen LogP contribution is -2.48. The molecule has 0 spiro atoms. The number of para-hydroxylation sites is 2. The normalized spacial score (nSPS) is 19.3. The molecule has 0 aromatic heterocycles. The molecule has 2 rings (SSSR count). The predicted molar refractivity (Wildman–Crippen MR) is 84.1 cm³/mol. The highest BCUT2D eigenvalue weighted by Crippen LogP contribution is 2.32. The maximum absolute atomic E-state index is 6.12. The molecule has 0 saturated carbocycles. The third-order valence-corrected chi connectivity index (χ3v) is 4.06. The lowest BCUT2D eigenvalue weighted by Gasteiger charge is -2.34. The Bertz CT molecular complexity index is 447. The summed E-state index contributed by atoms with van der Waals surface area (Å²) in [6, 6.07) is 8.11. The second-order valence-electron chi connectivity index (χ2n) is 6.08. The maximum Gasteiger partial charge on any atom is 0.161 e. The van der Waals surface area contributed by atoms with Crippen molar-refractivity contribution in [2.24, 2.45) is 0 Å². The molecule has 118 valence electrons. The third kappa shape index (κ3) is 4.35. The van der Waals surface area contributed by atoms with Crippen molar-refractivity contribution in [1.29, 1.82) is 0 Å². The SMILES string of the molecule is CCNC(CCC(C)(C)OC)C1COc2ccccc2O1. The fourth-order valence-electron chi connectivity index (χ4n) is 2.52. The quantitative estimate of drug-likeness (QED) is 0.839. The lowest BCUT2D eigenvalue weighted by atomic mass is 9.96. The zero-order chi connectivity index (χ0) is 15.3. The van der Waals surface area contributed by atoms with E-state index in [4.69, 9.17) is 14.2 Å². The molecular formula is C17H27NO3. The first kappa shape index (κ1) is 16.1. The molecule has 4 nitrogen and oxygen atoms in total. The largest absolute Gasteiger partial charge is 0.486 e. The van der Waals surface area contributed by atoms with E-state index in [2.05, 4.69) is 26.1 Å². The van der Waals surface area contributed by atoms with Crippen molar-refractivity contribution in [3.8, 4) is 11.5 Å². The van der Waals surface area contributed by atoms with Gasteiger partial charge in [-0.05, 0) is 45.4 Å². The molecule has 0 amide bonds. The van der Waals surface area contributed by atoms with Crippen LogP contribution in [0.5, 0.6) is 11.5 Å². The molecule has 0 saturated heterocycles. The zero-order valence-corrected chi connectivity index (χ0v) is 13.5. The number of ether oxygens (including phenoxy) is 3. The van der Waals surface area contributed by atoms with E-state index in [0.29, 0.717) is 6.61 Å². The lowest BCUT2D eigenvalue weighted by molar-refractivity contribution is 0.00240. The molecule has 1 aliphatic heterocycles. The summed E-state index contributed by atoms with van der Waals surface area (Å²) in [5.41, 5.74) is -0.110. The number of hydrogen-bond donors (Lipinski definition) is 1. The number of methoxy groups -OCH3 is 1. The standard InChI is InChI=1S/C17H27NO3/c1-5-18-13(10-11-17(2,3)19-4)16-12-20-14-8-6-7-9-15(14)21-16/h6-9,13,16,18H,5,10-12H2,1-4H3. The molecule has 0 bridgehead atoms. The molecule has 1 N–H and O–H groups in total. The fraction of sp³-hybridized carbons (Fsp3) is 0.647. The average molecular weight is 293 g/mol. The molecular weight excluding hydrogens is 266 g/mol. The van der Waals surface area contributed by atoms with Gasteiger partial charge in [0.1, 0.15) is 12.7 Å². The Balaban J connectivity index is 1.99. The highest BCUT2D eigenvalue weighted by Gasteiger charge is 2.30. The molecule has 1 aromatic carbocycles. The minimum absolute atomic E-state index is 0.0347. The summed E-state index contributed by atoms with van der Waals surface area (Å²) in [6.07, 6.45) is 2.00. The molecule has 2 atom stereocenters. The average Bonchev–Trinajstić information content (AvgIpc) is 2.51. The van der Waals surface area contributed by atoms with E-state index in [1.165, 1.54) is 0 Å². The first-order valence-electron chi connectivity index (χ1n) is 7.73. The Kier molecular flexibility index (Phi) is 5.48. The van der Waals surface area contributed by atoms with Gasteiger partial charge in [-0.15, -0.1) is 0 Å². The van der Waals surface area contributed by atoms with E-state index in [1.807, 2.05) is 24.3 Å². The van der Waals surface area contributed by atoms with Gasteiger partial charge in [-0.3, -0.25) is 0 Å². The molecule has 1 heterocycles. The van der Waals surface area contributed by atoms with Crippen molar-refractivity contribution < 1.29 is 14.2 Å². The van der Waals surface area contributed by atoms with Gasteiger partial charge >= 0.3 is 0 Å². The molecule has 0 radical (unpaired) electrons. The highest BCUT2D eigenvalue weighted by atomic mass is 16.6. The first-order valence-corrected chi connectivity index (χ1v) is 7.73. The van der Waals surface area contributed by atoms with Crippen molar-refractivity contribution in [1.82, 2.24) is 5.32 Å². The summed E-state index contributed by atoms with van der Waals surface area (Å²) in [4.78, 5) is 0. The van der Waals surface area contributed by atoms with Crippen molar-refractivity contribution in [3.63, 3.8) is 0 Å². The molecule has 0 aliphatic carbocycles. The van der Waals surface area contributed by atoms with Crippen LogP contribution in [0.3, 0.4) is 0 Å². The van der Waals surface area contributed by atoms with E-state index in [9.17, 15) is 0 Å². The van der Waals surface area contributed by atoms with Gasteiger partial charge in [-0.2, -0.15) is 0 Å².